The lowest BCUT2D eigenvalue weighted by Gasteiger charge is -2.11. The first-order chi connectivity index (χ1) is 8.73. The summed E-state index contributed by atoms with van der Waals surface area (Å²) in [6, 6.07) is 2.05. The SMILES string of the molecule is CC(C)OC(=O)c1cc(C(=O)O)cc(C(=O)O)c1Br. The van der Waals surface area contributed by atoms with Crippen molar-refractivity contribution in [2.24, 2.45) is 0 Å². The van der Waals surface area contributed by atoms with Gasteiger partial charge in [0.05, 0.1) is 22.8 Å². The zero-order valence-corrected chi connectivity index (χ0v) is 11.7. The fourth-order valence-corrected chi connectivity index (χ4v) is 1.89. The molecule has 2 N–H and O–H groups in total. The molecule has 0 saturated heterocycles. The molecule has 0 unspecified atom stereocenters. The highest BCUT2D eigenvalue weighted by atomic mass is 79.9. The van der Waals surface area contributed by atoms with Gasteiger partial charge in [0.2, 0.25) is 0 Å². The van der Waals surface area contributed by atoms with Gasteiger partial charge in [-0.15, -0.1) is 0 Å². The lowest BCUT2D eigenvalue weighted by molar-refractivity contribution is 0.0377. The zero-order valence-electron chi connectivity index (χ0n) is 10.1. The molecule has 0 aliphatic heterocycles. The molecule has 7 heteroatoms. The van der Waals surface area contributed by atoms with E-state index in [4.69, 9.17) is 14.9 Å². The van der Waals surface area contributed by atoms with Gasteiger partial charge >= 0.3 is 17.9 Å². The number of rotatable bonds is 4. The van der Waals surface area contributed by atoms with Crippen LogP contribution in [0, 0.1) is 0 Å². The molecule has 0 fully saturated rings. The van der Waals surface area contributed by atoms with Crippen molar-refractivity contribution in [3.05, 3.63) is 33.3 Å². The van der Waals surface area contributed by atoms with E-state index in [1.165, 1.54) is 0 Å². The molecule has 0 spiro atoms. The number of hydrogen-bond donors (Lipinski definition) is 2. The zero-order chi connectivity index (χ0) is 14.7. The monoisotopic (exact) mass is 330 g/mol. The topological polar surface area (TPSA) is 101 Å². The number of carbonyl (C=O) groups is 3. The third kappa shape index (κ3) is 3.54. The van der Waals surface area contributed by atoms with Crippen LogP contribution in [0.1, 0.15) is 44.9 Å². The summed E-state index contributed by atoms with van der Waals surface area (Å²) in [5.74, 6) is -3.45. The van der Waals surface area contributed by atoms with Crippen LogP contribution in [0.3, 0.4) is 0 Å². The van der Waals surface area contributed by atoms with Crippen LogP contribution < -0.4 is 0 Å². The number of benzene rings is 1. The molecule has 19 heavy (non-hydrogen) atoms. The summed E-state index contributed by atoms with van der Waals surface area (Å²) in [5, 5.41) is 17.9. The first-order valence-electron chi connectivity index (χ1n) is 5.25. The van der Waals surface area contributed by atoms with Gasteiger partial charge in [0.1, 0.15) is 0 Å². The summed E-state index contributed by atoms with van der Waals surface area (Å²) in [6.07, 6.45) is -0.402. The van der Waals surface area contributed by atoms with Crippen molar-refractivity contribution < 1.29 is 29.3 Å². The lowest BCUT2D eigenvalue weighted by Crippen LogP contribution is -2.15. The third-order valence-electron chi connectivity index (χ3n) is 2.11. The second-order valence-electron chi connectivity index (χ2n) is 3.95. The van der Waals surface area contributed by atoms with Gasteiger partial charge in [-0.3, -0.25) is 0 Å². The van der Waals surface area contributed by atoms with E-state index in [2.05, 4.69) is 15.9 Å². The van der Waals surface area contributed by atoms with Gasteiger partial charge in [-0.05, 0) is 41.9 Å². The molecule has 0 amide bonds. The molecule has 1 aromatic carbocycles. The Bertz CT molecular complexity index is 549. The highest BCUT2D eigenvalue weighted by Gasteiger charge is 2.22. The van der Waals surface area contributed by atoms with Gasteiger partial charge in [-0.25, -0.2) is 14.4 Å². The van der Waals surface area contributed by atoms with Gasteiger partial charge < -0.3 is 14.9 Å². The summed E-state index contributed by atoms with van der Waals surface area (Å²) in [6.45, 7) is 3.26. The molecule has 0 aliphatic rings. The van der Waals surface area contributed by atoms with Crippen molar-refractivity contribution >= 4 is 33.8 Å². The summed E-state index contributed by atoms with van der Waals surface area (Å²) >= 11 is 2.98. The number of aromatic carboxylic acids is 2. The van der Waals surface area contributed by atoms with Gasteiger partial charge in [-0.1, -0.05) is 0 Å². The number of ether oxygens (including phenoxy) is 1. The molecule has 0 saturated carbocycles. The second-order valence-corrected chi connectivity index (χ2v) is 4.74. The van der Waals surface area contributed by atoms with Crippen molar-refractivity contribution in [1.82, 2.24) is 0 Å². The molecule has 1 aromatic rings. The van der Waals surface area contributed by atoms with E-state index in [1.807, 2.05) is 0 Å². The van der Waals surface area contributed by atoms with E-state index in [0.717, 1.165) is 12.1 Å². The summed E-state index contributed by atoms with van der Waals surface area (Å²) < 4.78 is 4.93. The Labute approximate surface area is 117 Å². The van der Waals surface area contributed by atoms with E-state index in [1.54, 1.807) is 13.8 Å². The van der Waals surface area contributed by atoms with Crippen LogP contribution in [-0.4, -0.2) is 34.2 Å². The van der Waals surface area contributed by atoms with Gasteiger partial charge in [-0.2, -0.15) is 0 Å². The van der Waals surface area contributed by atoms with E-state index in [0.29, 0.717) is 0 Å². The summed E-state index contributed by atoms with van der Waals surface area (Å²) in [5.41, 5.74) is -0.738. The van der Waals surface area contributed by atoms with Crippen LogP contribution in [0.2, 0.25) is 0 Å². The number of carboxylic acid groups (broad SMARTS) is 2. The fourth-order valence-electron chi connectivity index (χ4n) is 1.33. The average Bonchev–Trinajstić information content (AvgIpc) is 2.27. The number of carbonyl (C=O) groups excluding carboxylic acids is 1. The predicted octanol–water partition coefficient (Wildman–Crippen LogP) is 2.41. The van der Waals surface area contributed by atoms with E-state index in [9.17, 15) is 14.4 Å². The van der Waals surface area contributed by atoms with Gasteiger partial charge in [0.25, 0.3) is 0 Å². The molecule has 0 bridgehead atoms. The number of hydrogen-bond acceptors (Lipinski definition) is 4. The Morgan fingerprint density at radius 3 is 2.05 bits per heavy atom. The Morgan fingerprint density at radius 2 is 1.63 bits per heavy atom. The van der Waals surface area contributed by atoms with Crippen LogP contribution in [0.15, 0.2) is 16.6 Å². The smallest absolute Gasteiger partial charge is 0.339 e. The maximum atomic E-state index is 11.8. The molecule has 6 nitrogen and oxygen atoms in total. The summed E-state index contributed by atoms with van der Waals surface area (Å²) in [4.78, 5) is 33.7. The lowest BCUT2D eigenvalue weighted by atomic mass is 10.1. The van der Waals surface area contributed by atoms with Crippen molar-refractivity contribution in [3.63, 3.8) is 0 Å². The number of carboxylic acids is 2. The van der Waals surface area contributed by atoms with Crippen LogP contribution in [0.25, 0.3) is 0 Å². The maximum absolute atomic E-state index is 11.8. The summed E-state index contributed by atoms with van der Waals surface area (Å²) in [7, 11) is 0. The van der Waals surface area contributed by atoms with E-state index in [-0.39, 0.29) is 21.2 Å². The maximum Gasteiger partial charge on any atom is 0.339 e. The van der Waals surface area contributed by atoms with E-state index < -0.39 is 24.0 Å². The fraction of sp³-hybridized carbons (Fsp3) is 0.250. The minimum atomic E-state index is -1.34. The average molecular weight is 331 g/mol. The normalized spacial score (nSPS) is 10.3. The molecule has 0 radical (unpaired) electrons. The molecule has 0 atom stereocenters. The second kappa shape index (κ2) is 5.83. The van der Waals surface area contributed by atoms with E-state index >= 15 is 0 Å². The first-order valence-corrected chi connectivity index (χ1v) is 6.04. The minimum Gasteiger partial charge on any atom is -0.478 e. The quantitative estimate of drug-likeness (QED) is 0.822. The van der Waals surface area contributed by atoms with Crippen LogP contribution in [0.4, 0.5) is 0 Å². The van der Waals surface area contributed by atoms with Crippen LogP contribution in [0.5, 0.6) is 0 Å². The molecule has 0 heterocycles. The predicted molar refractivity (Wildman–Crippen MR) is 68.6 cm³/mol. The third-order valence-corrected chi connectivity index (χ3v) is 2.97. The highest BCUT2D eigenvalue weighted by Crippen LogP contribution is 2.25. The molecule has 0 aromatic heterocycles. The molecule has 1 rings (SSSR count). The largest absolute Gasteiger partial charge is 0.478 e. The molecular formula is C12H11BrO6. The highest BCUT2D eigenvalue weighted by molar-refractivity contribution is 9.10. The standard InChI is InChI=1S/C12H11BrO6/c1-5(2)19-12(18)8-4-6(10(14)15)3-7(9(8)13)11(16)17/h3-5H,1-2H3,(H,14,15)(H,16,17). The Hall–Kier alpha value is -1.89. The Balaban J connectivity index is 3.41. The van der Waals surface area contributed by atoms with Gasteiger partial charge in [0, 0.05) is 4.47 Å². The van der Waals surface area contributed by atoms with Crippen LogP contribution in [-0.2, 0) is 4.74 Å². The van der Waals surface area contributed by atoms with Crippen molar-refractivity contribution in [1.29, 1.82) is 0 Å². The Morgan fingerprint density at radius 1 is 1.11 bits per heavy atom. The van der Waals surface area contributed by atoms with Crippen molar-refractivity contribution in [2.75, 3.05) is 0 Å². The van der Waals surface area contributed by atoms with Crippen molar-refractivity contribution in [2.45, 2.75) is 20.0 Å². The minimum absolute atomic E-state index is 0.00403. The Kier molecular flexibility index (Phi) is 4.66. The number of esters is 1. The number of halogens is 1. The van der Waals surface area contributed by atoms with Crippen molar-refractivity contribution in [3.8, 4) is 0 Å². The van der Waals surface area contributed by atoms with Crippen LogP contribution >= 0.6 is 15.9 Å². The molecular weight excluding hydrogens is 320 g/mol. The molecule has 102 valence electrons. The van der Waals surface area contributed by atoms with Gasteiger partial charge in [0.15, 0.2) is 0 Å². The first kappa shape index (κ1) is 15.2. The molecule has 0 aliphatic carbocycles.